The van der Waals surface area contributed by atoms with Crippen LogP contribution in [0.15, 0.2) is 30.6 Å². The van der Waals surface area contributed by atoms with Gasteiger partial charge in [0, 0.05) is 6.20 Å². The van der Waals surface area contributed by atoms with Gasteiger partial charge in [-0.2, -0.15) is 16.8 Å². The molecule has 0 spiro atoms. The van der Waals surface area contributed by atoms with Crippen molar-refractivity contribution in [3.8, 4) is 0 Å². The predicted molar refractivity (Wildman–Crippen MR) is 56.1 cm³/mol. The Hall–Kier alpha value is -1.56. The highest BCUT2D eigenvalue weighted by Crippen LogP contribution is 1.95. The molecule has 9 nitrogen and oxygen atoms in total. The van der Waals surface area contributed by atoms with E-state index in [0.717, 1.165) is 5.52 Å². The molecule has 0 fully saturated rings. The first-order valence-electron chi connectivity index (χ1n) is 3.92. The van der Waals surface area contributed by atoms with Gasteiger partial charge in [-0.3, -0.25) is 9.11 Å². The Balaban J connectivity index is 0.000000172. The number of hydrogen-bond donors (Lipinski definition) is 2. The van der Waals surface area contributed by atoms with Gasteiger partial charge in [0.2, 0.25) is 0 Å². The molecule has 2 N–H and O–H groups in total. The van der Waals surface area contributed by atoms with Gasteiger partial charge in [-0.15, -0.1) is 5.10 Å². The van der Waals surface area contributed by atoms with Gasteiger partial charge in [0.05, 0.1) is 11.7 Å². The Kier molecular flexibility index (Phi) is 3.77. The summed E-state index contributed by atoms with van der Waals surface area (Å²) in [6.45, 7) is 0. The smallest absolute Gasteiger partial charge is 0.272 e. The molecule has 0 unspecified atom stereocenters. The molecule has 2 aromatic heterocycles. The number of fused-ring (bicyclic) bond motifs is 1. The number of rotatable bonds is 1. The quantitative estimate of drug-likeness (QED) is 0.522. The highest BCUT2D eigenvalue weighted by molar-refractivity contribution is 8.62. The average Bonchev–Trinajstić information content (AvgIpc) is 2.62. The van der Waals surface area contributed by atoms with E-state index in [2.05, 4.69) is 10.3 Å². The van der Waals surface area contributed by atoms with E-state index in [-0.39, 0.29) is 0 Å². The SMILES string of the molecule is O=S(=O)(O)S(=O)(=O)O.c1ccn2nncc2c1. The third kappa shape index (κ3) is 3.74. The second-order valence-corrected chi connectivity index (χ2v) is 6.90. The lowest BCUT2D eigenvalue weighted by Crippen LogP contribution is -2.11. The van der Waals surface area contributed by atoms with E-state index < -0.39 is 18.3 Å². The van der Waals surface area contributed by atoms with Crippen molar-refractivity contribution in [2.24, 2.45) is 0 Å². The van der Waals surface area contributed by atoms with Crippen LogP contribution in [0.4, 0.5) is 0 Å². The third-order valence-corrected chi connectivity index (χ3v) is 3.60. The number of hydrogen-bond acceptors (Lipinski definition) is 6. The van der Waals surface area contributed by atoms with Crippen LogP contribution in [0.25, 0.3) is 5.52 Å². The maximum absolute atomic E-state index is 9.37. The highest BCUT2D eigenvalue weighted by Gasteiger charge is 2.22. The zero-order valence-corrected chi connectivity index (χ0v) is 9.71. The van der Waals surface area contributed by atoms with Gasteiger partial charge in [-0.1, -0.05) is 11.3 Å². The van der Waals surface area contributed by atoms with Gasteiger partial charge < -0.3 is 0 Å². The maximum Gasteiger partial charge on any atom is 0.397 e. The average molecular weight is 281 g/mol. The van der Waals surface area contributed by atoms with Gasteiger partial charge in [0.1, 0.15) is 0 Å². The number of aromatic nitrogens is 3. The fraction of sp³-hybridized carbons (Fsp3) is 0. The van der Waals surface area contributed by atoms with E-state index in [0.29, 0.717) is 0 Å². The second kappa shape index (κ2) is 4.75. The van der Waals surface area contributed by atoms with Crippen LogP contribution in [0.3, 0.4) is 0 Å². The molecule has 0 radical (unpaired) electrons. The Morgan fingerprint density at radius 2 is 1.65 bits per heavy atom. The van der Waals surface area contributed by atoms with Gasteiger partial charge >= 0.3 is 18.3 Å². The van der Waals surface area contributed by atoms with E-state index in [1.807, 2.05) is 24.4 Å². The van der Waals surface area contributed by atoms with Crippen molar-refractivity contribution in [3.05, 3.63) is 30.6 Å². The first-order valence-corrected chi connectivity index (χ1v) is 7.31. The lowest BCUT2D eigenvalue weighted by atomic mass is 10.4. The topological polar surface area (TPSA) is 139 Å². The summed E-state index contributed by atoms with van der Waals surface area (Å²) in [7, 11) is -10.6. The molecule has 0 aliphatic carbocycles. The lowest BCUT2D eigenvalue weighted by Gasteiger charge is -1.84. The van der Waals surface area contributed by atoms with Crippen LogP contribution < -0.4 is 0 Å². The molecular formula is C6H7N3O6S2. The molecule has 0 amide bonds. The molecule has 0 saturated heterocycles. The zero-order chi connectivity index (χ0) is 13.1. The van der Waals surface area contributed by atoms with Gasteiger partial charge in [-0.25, -0.2) is 4.52 Å². The van der Waals surface area contributed by atoms with Crippen LogP contribution in [0.5, 0.6) is 0 Å². The van der Waals surface area contributed by atoms with E-state index in [4.69, 9.17) is 9.11 Å². The van der Waals surface area contributed by atoms with Crippen molar-refractivity contribution in [2.45, 2.75) is 0 Å². The molecule has 94 valence electrons. The minimum Gasteiger partial charge on any atom is -0.272 e. The Labute approximate surface area is 95.6 Å². The maximum atomic E-state index is 9.37. The molecule has 0 aliphatic rings. The molecule has 0 saturated carbocycles. The van der Waals surface area contributed by atoms with Crippen molar-refractivity contribution in [1.82, 2.24) is 14.8 Å². The monoisotopic (exact) mass is 281 g/mol. The molecule has 0 bridgehead atoms. The summed E-state index contributed by atoms with van der Waals surface area (Å²) in [6, 6.07) is 5.83. The molecule has 0 aromatic carbocycles. The summed E-state index contributed by atoms with van der Waals surface area (Å²) in [4.78, 5) is 0. The fourth-order valence-corrected chi connectivity index (χ4v) is 0.772. The largest absolute Gasteiger partial charge is 0.397 e. The number of nitrogens with zero attached hydrogens (tertiary/aromatic N) is 3. The van der Waals surface area contributed by atoms with Crippen molar-refractivity contribution < 1.29 is 25.9 Å². The minimum absolute atomic E-state index is 1.03. The molecular weight excluding hydrogens is 274 g/mol. The van der Waals surface area contributed by atoms with Crippen LogP contribution in [0.1, 0.15) is 0 Å². The Morgan fingerprint density at radius 3 is 2.12 bits per heavy atom. The first kappa shape index (κ1) is 13.5. The van der Waals surface area contributed by atoms with Gasteiger partial charge in [0.25, 0.3) is 0 Å². The van der Waals surface area contributed by atoms with Crippen molar-refractivity contribution in [1.29, 1.82) is 0 Å². The van der Waals surface area contributed by atoms with E-state index >= 15 is 0 Å². The van der Waals surface area contributed by atoms with E-state index in [9.17, 15) is 16.8 Å². The normalized spacial score (nSPS) is 11.9. The van der Waals surface area contributed by atoms with Crippen molar-refractivity contribution >= 4 is 23.8 Å². The molecule has 2 aromatic rings. The Bertz CT molecular complexity index is 644. The Morgan fingerprint density at radius 1 is 1.06 bits per heavy atom. The summed E-state index contributed by atoms with van der Waals surface area (Å²) in [5.74, 6) is 0. The van der Waals surface area contributed by atoms with Crippen molar-refractivity contribution in [2.75, 3.05) is 0 Å². The number of pyridine rings is 1. The van der Waals surface area contributed by atoms with Crippen LogP contribution in [0.2, 0.25) is 0 Å². The van der Waals surface area contributed by atoms with E-state index in [1.54, 1.807) is 10.7 Å². The van der Waals surface area contributed by atoms with Crippen LogP contribution >= 0.6 is 0 Å². The van der Waals surface area contributed by atoms with Gasteiger partial charge in [-0.05, 0) is 12.1 Å². The lowest BCUT2D eigenvalue weighted by molar-refractivity contribution is 0.460. The standard InChI is InChI=1S/C6H5N3.H2O6S2/c1-2-4-9-6(3-1)5-7-8-9;1-7(2,3)8(4,5)6/h1-5H;(H,1,2,3)(H,4,5,6). The molecule has 11 heteroatoms. The summed E-state index contributed by atoms with van der Waals surface area (Å²) < 4.78 is 54.2. The van der Waals surface area contributed by atoms with Crippen LogP contribution in [-0.4, -0.2) is 40.8 Å². The molecule has 17 heavy (non-hydrogen) atoms. The molecule has 2 rings (SSSR count). The molecule has 0 atom stereocenters. The predicted octanol–water partition coefficient (Wildman–Crippen LogP) is -0.594. The summed E-state index contributed by atoms with van der Waals surface area (Å²) in [6.07, 6.45) is 3.59. The second-order valence-electron chi connectivity index (χ2n) is 2.66. The van der Waals surface area contributed by atoms with Crippen molar-refractivity contribution in [3.63, 3.8) is 0 Å². The fourth-order valence-electron chi connectivity index (χ4n) is 0.772. The zero-order valence-electron chi connectivity index (χ0n) is 8.07. The summed E-state index contributed by atoms with van der Waals surface area (Å²) in [5.41, 5.74) is 1.03. The molecule has 2 heterocycles. The molecule has 0 aliphatic heterocycles. The third-order valence-electron chi connectivity index (χ3n) is 1.47. The van der Waals surface area contributed by atoms with E-state index in [1.165, 1.54) is 0 Å². The minimum atomic E-state index is -5.31. The summed E-state index contributed by atoms with van der Waals surface area (Å²) in [5, 5.41) is 7.50. The summed E-state index contributed by atoms with van der Waals surface area (Å²) >= 11 is 0. The van der Waals surface area contributed by atoms with Crippen LogP contribution in [-0.2, 0) is 18.3 Å². The van der Waals surface area contributed by atoms with Crippen LogP contribution in [0, 0.1) is 0 Å². The van der Waals surface area contributed by atoms with Gasteiger partial charge in [0.15, 0.2) is 0 Å². The highest BCUT2D eigenvalue weighted by atomic mass is 33.2. The first-order chi connectivity index (χ1) is 7.72.